The summed E-state index contributed by atoms with van der Waals surface area (Å²) in [6.07, 6.45) is -3.23. The third kappa shape index (κ3) is 2.78. The van der Waals surface area contributed by atoms with Gasteiger partial charge in [0.15, 0.2) is 0 Å². The van der Waals surface area contributed by atoms with Crippen molar-refractivity contribution in [2.45, 2.75) is 12.1 Å². The highest BCUT2D eigenvalue weighted by Crippen LogP contribution is 2.42. The van der Waals surface area contributed by atoms with Crippen molar-refractivity contribution in [1.29, 1.82) is 0 Å². The summed E-state index contributed by atoms with van der Waals surface area (Å²) in [5.74, 6) is -2.00. The quantitative estimate of drug-likeness (QED) is 0.879. The number of nitrogen functional groups attached to an aromatic ring is 2. The summed E-state index contributed by atoms with van der Waals surface area (Å²) in [5.41, 5.74) is 11.2. The highest BCUT2D eigenvalue weighted by atomic mass is 19.4. The number of benzene rings is 1. The van der Waals surface area contributed by atoms with E-state index >= 15 is 0 Å². The monoisotopic (exact) mass is 267 g/mol. The maximum absolute atomic E-state index is 13.3. The lowest BCUT2D eigenvalue weighted by Gasteiger charge is -2.22. The molecule has 0 saturated heterocycles. The topological polar surface area (TPSA) is 64.9 Å². The van der Waals surface area contributed by atoms with Gasteiger partial charge in [-0.15, -0.1) is 0 Å². The van der Waals surface area contributed by atoms with Crippen LogP contribution in [0.3, 0.4) is 0 Å². The summed E-state index contributed by atoms with van der Waals surface area (Å²) in [5, 5.41) is 0. The summed E-state index contributed by atoms with van der Waals surface area (Å²) < 4.78 is 39.8. The zero-order valence-electron chi connectivity index (χ0n) is 9.85. The number of aromatic nitrogens is 1. The van der Waals surface area contributed by atoms with Crippen molar-refractivity contribution in [3.63, 3.8) is 0 Å². The van der Waals surface area contributed by atoms with Crippen LogP contribution in [0.2, 0.25) is 0 Å². The lowest BCUT2D eigenvalue weighted by Crippen LogP contribution is -2.23. The molecular weight excluding hydrogens is 255 g/mol. The fraction of sp³-hybridized carbons (Fsp3) is 0.154. The summed E-state index contributed by atoms with van der Waals surface area (Å²) in [6.45, 7) is 0. The van der Waals surface area contributed by atoms with Gasteiger partial charge in [0.2, 0.25) is 0 Å². The van der Waals surface area contributed by atoms with E-state index < -0.39 is 12.1 Å². The first kappa shape index (κ1) is 13.2. The Hall–Kier alpha value is -2.24. The van der Waals surface area contributed by atoms with Gasteiger partial charge in [0.25, 0.3) is 0 Å². The number of hydrogen-bond donors (Lipinski definition) is 2. The maximum Gasteiger partial charge on any atom is 0.399 e. The molecule has 3 nitrogen and oxygen atoms in total. The van der Waals surface area contributed by atoms with E-state index in [1.807, 2.05) is 0 Å². The Morgan fingerprint density at radius 2 is 1.68 bits per heavy atom. The first-order chi connectivity index (χ1) is 8.89. The highest BCUT2D eigenvalue weighted by molar-refractivity contribution is 5.53. The van der Waals surface area contributed by atoms with Crippen LogP contribution in [-0.2, 0) is 0 Å². The lowest BCUT2D eigenvalue weighted by molar-refractivity contribution is -0.141. The van der Waals surface area contributed by atoms with Gasteiger partial charge in [-0.3, -0.25) is 0 Å². The molecule has 1 aromatic carbocycles. The molecule has 0 bridgehead atoms. The summed E-state index contributed by atoms with van der Waals surface area (Å²) in [4.78, 5) is 3.69. The van der Waals surface area contributed by atoms with Crippen molar-refractivity contribution < 1.29 is 13.2 Å². The van der Waals surface area contributed by atoms with Crippen LogP contribution in [0.4, 0.5) is 24.7 Å². The second-order valence-electron chi connectivity index (χ2n) is 4.13. The van der Waals surface area contributed by atoms with Gasteiger partial charge in [0.1, 0.15) is 11.7 Å². The SMILES string of the molecule is Nc1cnc(N)c(C(c2ccccc2)C(F)(F)F)c1. The lowest BCUT2D eigenvalue weighted by atomic mass is 9.91. The summed E-state index contributed by atoms with van der Waals surface area (Å²) >= 11 is 0. The molecule has 1 unspecified atom stereocenters. The molecule has 1 atom stereocenters. The minimum absolute atomic E-state index is 0.106. The molecule has 1 heterocycles. The Kier molecular flexibility index (Phi) is 3.33. The molecule has 0 saturated carbocycles. The van der Waals surface area contributed by atoms with E-state index in [-0.39, 0.29) is 22.6 Å². The smallest absolute Gasteiger partial charge is 0.397 e. The van der Waals surface area contributed by atoms with Crippen molar-refractivity contribution in [3.8, 4) is 0 Å². The van der Waals surface area contributed by atoms with E-state index in [1.54, 1.807) is 18.2 Å². The van der Waals surface area contributed by atoms with Crippen LogP contribution in [0, 0.1) is 0 Å². The van der Waals surface area contributed by atoms with Gasteiger partial charge >= 0.3 is 6.18 Å². The second kappa shape index (κ2) is 4.79. The summed E-state index contributed by atoms with van der Waals surface area (Å²) in [6, 6.07) is 8.76. The van der Waals surface area contributed by atoms with Crippen molar-refractivity contribution in [3.05, 3.63) is 53.7 Å². The number of alkyl halides is 3. The average Bonchev–Trinajstić information content (AvgIpc) is 2.33. The average molecular weight is 267 g/mol. The molecule has 100 valence electrons. The predicted octanol–water partition coefficient (Wildman–Crippen LogP) is 2.94. The third-order valence-electron chi connectivity index (χ3n) is 2.74. The van der Waals surface area contributed by atoms with Crippen molar-refractivity contribution >= 4 is 11.5 Å². The number of halogens is 3. The third-order valence-corrected chi connectivity index (χ3v) is 2.74. The van der Waals surface area contributed by atoms with Gasteiger partial charge in [0.05, 0.1) is 11.9 Å². The Morgan fingerprint density at radius 1 is 1.05 bits per heavy atom. The van der Waals surface area contributed by atoms with Crippen LogP contribution in [0.5, 0.6) is 0 Å². The minimum Gasteiger partial charge on any atom is -0.397 e. The van der Waals surface area contributed by atoms with Crippen LogP contribution in [0.15, 0.2) is 42.6 Å². The van der Waals surface area contributed by atoms with E-state index in [1.165, 1.54) is 24.4 Å². The van der Waals surface area contributed by atoms with Crippen LogP contribution in [-0.4, -0.2) is 11.2 Å². The predicted molar refractivity (Wildman–Crippen MR) is 67.4 cm³/mol. The van der Waals surface area contributed by atoms with Crippen LogP contribution in [0.25, 0.3) is 0 Å². The molecule has 6 heteroatoms. The van der Waals surface area contributed by atoms with Crippen molar-refractivity contribution in [1.82, 2.24) is 4.98 Å². The molecule has 2 aromatic rings. The highest BCUT2D eigenvalue weighted by Gasteiger charge is 2.43. The number of hydrogen-bond acceptors (Lipinski definition) is 3. The maximum atomic E-state index is 13.3. The molecule has 0 aliphatic carbocycles. The zero-order valence-corrected chi connectivity index (χ0v) is 9.85. The number of rotatable bonds is 2. The molecule has 19 heavy (non-hydrogen) atoms. The van der Waals surface area contributed by atoms with Gasteiger partial charge in [-0.1, -0.05) is 30.3 Å². The first-order valence-electron chi connectivity index (χ1n) is 5.52. The minimum atomic E-state index is -4.47. The number of pyridine rings is 1. The normalized spacial score (nSPS) is 13.2. The molecule has 2 rings (SSSR count). The van der Waals surface area contributed by atoms with Crippen LogP contribution < -0.4 is 11.5 Å². The Balaban J connectivity index is 2.59. The zero-order chi connectivity index (χ0) is 14.0. The second-order valence-corrected chi connectivity index (χ2v) is 4.13. The van der Waals surface area contributed by atoms with Crippen LogP contribution >= 0.6 is 0 Å². The van der Waals surface area contributed by atoms with Crippen molar-refractivity contribution in [2.75, 3.05) is 11.5 Å². The molecule has 0 amide bonds. The Bertz CT molecular complexity index is 567. The molecule has 4 N–H and O–H groups in total. The standard InChI is InChI=1S/C13H12F3N3/c14-13(15,16)11(8-4-2-1-3-5-8)10-6-9(17)7-19-12(10)18/h1-7,11H,17H2,(H2,18,19). The fourth-order valence-corrected chi connectivity index (χ4v) is 1.93. The molecular formula is C13H12F3N3. The molecule has 0 radical (unpaired) electrons. The first-order valence-corrected chi connectivity index (χ1v) is 5.52. The molecule has 0 fully saturated rings. The van der Waals surface area contributed by atoms with E-state index in [0.717, 1.165) is 0 Å². The van der Waals surface area contributed by atoms with Gasteiger partial charge in [0, 0.05) is 5.56 Å². The van der Waals surface area contributed by atoms with E-state index in [4.69, 9.17) is 11.5 Å². The molecule has 0 aliphatic heterocycles. The summed E-state index contributed by atoms with van der Waals surface area (Å²) in [7, 11) is 0. The van der Waals surface area contributed by atoms with E-state index in [9.17, 15) is 13.2 Å². The number of nitrogens with zero attached hydrogens (tertiary/aromatic N) is 1. The van der Waals surface area contributed by atoms with Gasteiger partial charge < -0.3 is 11.5 Å². The Labute approximate surface area is 108 Å². The molecule has 1 aromatic heterocycles. The molecule has 0 aliphatic rings. The van der Waals surface area contributed by atoms with Crippen molar-refractivity contribution in [2.24, 2.45) is 0 Å². The molecule has 0 spiro atoms. The van der Waals surface area contributed by atoms with Gasteiger partial charge in [-0.25, -0.2) is 4.98 Å². The van der Waals surface area contributed by atoms with Crippen LogP contribution in [0.1, 0.15) is 17.0 Å². The number of anilines is 2. The Morgan fingerprint density at radius 3 is 2.26 bits per heavy atom. The van der Waals surface area contributed by atoms with Gasteiger partial charge in [-0.2, -0.15) is 13.2 Å². The van der Waals surface area contributed by atoms with E-state index in [0.29, 0.717) is 0 Å². The largest absolute Gasteiger partial charge is 0.399 e. The van der Waals surface area contributed by atoms with Gasteiger partial charge in [-0.05, 0) is 11.6 Å². The van der Waals surface area contributed by atoms with E-state index in [2.05, 4.69) is 4.98 Å². The fourth-order valence-electron chi connectivity index (χ4n) is 1.93. The number of nitrogens with two attached hydrogens (primary N) is 2.